The maximum absolute atomic E-state index is 5.83. The molecule has 2 nitrogen and oxygen atoms in total. The van der Waals surface area contributed by atoms with Crippen LogP contribution in [0.25, 0.3) is 0 Å². The highest BCUT2D eigenvalue weighted by molar-refractivity contribution is 7.47. The molecule has 0 saturated carbocycles. The maximum atomic E-state index is 5.83. The number of hydrogen-bond donors (Lipinski definition) is 0. The second-order valence-electron chi connectivity index (χ2n) is 4.95. The molecule has 0 atom stereocenters. The minimum absolute atomic E-state index is 0.842. The normalized spacial score (nSPS) is 10.9. The summed E-state index contributed by atoms with van der Waals surface area (Å²) in [7, 11) is 0. The van der Waals surface area contributed by atoms with Crippen LogP contribution in [-0.2, 0) is 22.9 Å². The van der Waals surface area contributed by atoms with E-state index in [9.17, 15) is 0 Å². The fraction of sp³-hybridized carbons (Fsp3) is 0.0526. The summed E-state index contributed by atoms with van der Waals surface area (Å²) in [5.41, 5.74) is 2.12. The van der Waals surface area contributed by atoms with E-state index in [1.165, 1.54) is 0 Å². The molecule has 22 heavy (non-hydrogen) atoms. The lowest BCUT2D eigenvalue weighted by Gasteiger charge is -2.32. The average molecular weight is 305 g/mol. The Bertz CT molecular complexity index is 632. The Morgan fingerprint density at radius 2 is 0.909 bits per heavy atom. The molecule has 0 aromatic heterocycles. The highest BCUT2D eigenvalue weighted by atomic mass is 32.1. The fourth-order valence-electron chi connectivity index (χ4n) is 2.73. The second kappa shape index (κ2) is 6.50. The molecule has 0 saturated heterocycles. The van der Waals surface area contributed by atoms with Crippen LogP contribution >= 0.6 is 0 Å². The van der Waals surface area contributed by atoms with Gasteiger partial charge in [0.25, 0.3) is 0 Å². The van der Waals surface area contributed by atoms with Gasteiger partial charge in [0.05, 0.1) is 12.4 Å². The number of benzene rings is 3. The molecule has 3 heteroatoms. The van der Waals surface area contributed by atoms with Crippen LogP contribution in [0.15, 0.2) is 95.5 Å². The monoisotopic (exact) mass is 305 g/mol. The first-order chi connectivity index (χ1) is 10.9. The molecule has 0 radical (unpaired) electrons. The van der Waals surface area contributed by atoms with E-state index in [-0.39, 0.29) is 0 Å². The first-order valence-electron chi connectivity index (χ1n) is 7.05. The van der Waals surface area contributed by atoms with E-state index in [0.29, 0.717) is 0 Å². The van der Waals surface area contributed by atoms with E-state index in [4.69, 9.17) is 17.3 Å². The van der Waals surface area contributed by atoms with Crippen molar-refractivity contribution in [2.24, 2.45) is 4.53 Å². The van der Waals surface area contributed by atoms with Gasteiger partial charge in [-0.2, -0.15) is 0 Å². The van der Waals surface area contributed by atoms with Crippen molar-refractivity contribution in [1.82, 2.24) is 0 Å². The van der Waals surface area contributed by atoms with Gasteiger partial charge in [0.1, 0.15) is 0 Å². The van der Waals surface area contributed by atoms with Crippen molar-refractivity contribution in [3.8, 4) is 0 Å². The van der Waals surface area contributed by atoms with Crippen molar-refractivity contribution in [2.75, 3.05) is 0 Å². The number of rotatable bonds is 5. The van der Waals surface area contributed by atoms with Crippen LogP contribution in [0.4, 0.5) is 0 Å². The zero-order valence-electron chi connectivity index (χ0n) is 11.9. The summed E-state index contributed by atoms with van der Waals surface area (Å²) < 4.78 is 3.62. The summed E-state index contributed by atoms with van der Waals surface area (Å²) in [5.74, 6) is 0. The van der Waals surface area contributed by atoms with Gasteiger partial charge < -0.3 is 4.84 Å². The third kappa shape index (κ3) is 2.51. The third-order valence-electron chi connectivity index (χ3n) is 3.72. The largest absolute Gasteiger partial charge is 0.364 e. The quantitative estimate of drug-likeness (QED) is 0.506. The molecule has 0 bridgehead atoms. The van der Waals surface area contributed by atoms with E-state index < -0.39 is 5.60 Å². The molecule has 3 rings (SSSR count). The second-order valence-corrected chi connectivity index (χ2v) is 5.09. The lowest BCUT2D eigenvalue weighted by atomic mass is 9.80. The maximum Gasteiger partial charge on any atom is 0.213 e. The van der Waals surface area contributed by atoms with E-state index in [1.54, 1.807) is 0 Å². The van der Waals surface area contributed by atoms with Gasteiger partial charge >= 0.3 is 0 Å². The smallest absolute Gasteiger partial charge is 0.213 e. The third-order valence-corrected chi connectivity index (χ3v) is 3.79. The van der Waals surface area contributed by atoms with Crippen molar-refractivity contribution in [3.63, 3.8) is 0 Å². The zero-order chi connectivity index (χ0) is 15.3. The highest BCUT2D eigenvalue weighted by Crippen LogP contribution is 2.40. The summed E-state index contributed by atoms with van der Waals surface area (Å²) >= 11 is 4.80. The molecule has 0 spiro atoms. The SMILES string of the molecule is S=NOC(c1ccccc1)(c1ccccc1)c1ccccc1. The van der Waals surface area contributed by atoms with Crippen molar-refractivity contribution in [2.45, 2.75) is 5.60 Å². The standard InChI is InChI=1S/C19H15NOS/c22-20-21-19(16-10-4-1-5-11-16,17-12-6-2-7-13-17)18-14-8-3-9-15-18/h1-15H. The van der Waals surface area contributed by atoms with Gasteiger partial charge in [0.2, 0.25) is 5.60 Å². The Morgan fingerprint density at radius 1 is 0.591 bits per heavy atom. The fourth-order valence-corrected chi connectivity index (χ4v) is 2.84. The zero-order valence-corrected chi connectivity index (χ0v) is 12.7. The van der Waals surface area contributed by atoms with Crippen molar-refractivity contribution >= 4 is 12.4 Å². The van der Waals surface area contributed by atoms with Crippen LogP contribution < -0.4 is 0 Å². The van der Waals surface area contributed by atoms with Gasteiger partial charge in [0, 0.05) is 16.7 Å². The summed E-state index contributed by atoms with van der Waals surface area (Å²) in [6.45, 7) is 0. The van der Waals surface area contributed by atoms with Crippen molar-refractivity contribution in [1.29, 1.82) is 0 Å². The minimum Gasteiger partial charge on any atom is -0.364 e. The average Bonchev–Trinajstić information content (AvgIpc) is 2.62. The van der Waals surface area contributed by atoms with Crippen molar-refractivity contribution < 1.29 is 4.84 Å². The molecule has 0 heterocycles. The van der Waals surface area contributed by atoms with Gasteiger partial charge in [-0.3, -0.25) is 0 Å². The number of hydrogen-bond acceptors (Lipinski definition) is 3. The van der Waals surface area contributed by atoms with Gasteiger partial charge in [-0.25, -0.2) is 0 Å². The van der Waals surface area contributed by atoms with Crippen LogP contribution in [0, 0.1) is 0 Å². The minimum atomic E-state index is -0.842. The lowest BCUT2D eigenvalue weighted by Crippen LogP contribution is -2.31. The molecule has 108 valence electrons. The molecule has 0 amide bonds. The Kier molecular flexibility index (Phi) is 4.26. The molecule has 3 aromatic carbocycles. The van der Waals surface area contributed by atoms with E-state index in [2.05, 4.69) is 4.53 Å². The topological polar surface area (TPSA) is 21.6 Å². The van der Waals surface area contributed by atoms with Gasteiger partial charge in [-0.05, 0) is 4.53 Å². The van der Waals surface area contributed by atoms with Crippen molar-refractivity contribution in [3.05, 3.63) is 108 Å². The summed E-state index contributed by atoms with van der Waals surface area (Å²) in [4.78, 5) is 5.83. The Labute approximate surface area is 135 Å². The summed E-state index contributed by atoms with van der Waals surface area (Å²) in [6.07, 6.45) is 0. The van der Waals surface area contributed by atoms with Gasteiger partial charge in [0.15, 0.2) is 0 Å². The predicted octanol–water partition coefficient (Wildman–Crippen LogP) is 4.64. The first kappa shape index (κ1) is 14.4. The molecule has 0 aliphatic carbocycles. The molecular formula is C19H15NOS. The molecule has 3 aromatic rings. The van der Waals surface area contributed by atoms with Gasteiger partial charge in [-0.1, -0.05) is 91.0 Å². The number of nitrogens with zero attached hydrogens (tertiary/aromatic N) is 1. The molecule has 0 N–H and O–H groups in total. The lowest BCUT2D eigenvalue weighted by molar-refractivity contribution is 0.0225. The molecule has 0 aliphatic rings. The predicted molar refractivity (Wildman–Crippen MR) is 90.1 cm³/mol. The van der Waals surface area contributed by atoms with Crippen LogP contribution in [0.2, 0.25) is 0 Å². The molecular weight excluding hydrogens is 290 g/mol. The highest BCUT2D eigenvalue weighted by Gasteiger charge is 2.39. The summed E-state index contributed by atoms with van der Waals surface area (Å²) in [6, 6.07) is 30.0. The first-order valence-corrected chi connectivity index (χ1v) is 7.42. The van der Waals surface area contributed by atoms with Crippen LogP contribution in [0.5, 0.6) is 0 Å². The van der Waals surface area contributed by atoms with Crippen LogP contribution in [0.3, 0.4) is 0 Å². The Hall–Kier alpha value is -2.52. The molecule has 0 aliphatic heterocycles. The van der Waals surface area contributed by atoms with E-state index >= 15 is 0 Å². The van der Waals surface area contributed by atoms with Crippen LogP contribution in [0.1, 0.15) is 16.7 Å². The Balaban J connectivity index is 2.31. The van der Waals surface area contributed by atoms with E-state index in [1.807, 2.05) is 91.0 Å². The van der Waals surface area contributed by atoms with Crippen LogP contribution in [-0.4, -0.2) is 0 Å². The van der Waals surface area contributed by atoms with Gasteiger partial charge in [-0.15, -0.1) is 0 Å². The molecule has 0 fully saturated rings. The summed E-state index contributed by atoms with van der Waals surface area (Å²) in [5, 5.41) is 0. The Morgan fingerprint density at radius 3 is 1.18 bits per heavy atom. The van der Waals surface area contributed by atoms with E-state index in [0.717, 1.165) is 16.7 Å². The molecule has 0 unspecified atom stereocenters.